The second-order valence-corrected chi connectivity index (χ2v) is 5.41. The van der Waals surface area contributed by atoms with E-state index >= 15 is 0 Å². The van der Waals surface area contributed by atoms with Gasteiger partial charge in [-0.25, -0.2) is 4.98 Å². The van der Waals surface area contributed by atoms with Gasteiger partial charge in [-0.1, -0.05) is 13.8 Å². The van der Waals surface area contributed by atoms with Crippen molar-refractivity contribution in [3.05, 3.63) is 36.4 Å². The summed E-state index contributed by atoms with van der Waals surface area (Å²) in [6.45, 7) is 5.77. The molecular formula is C17H24N2O3. The van der Waals surface area contributed by atoms with Gasteiger partial charge < -0.3 is 18.8 Å². The molecule has 0 unspecified atom stereocenters. The summed E-state index contributed by atoms with van der Waals surface area (Å²) >= 11 is 0. The Labute approximate surface area is 131 Å². The average molecular weight is 304 g/mol. The van der Waals surface area contributed by atoms with Crippen LogP contribution in [0.3, 0.4) is 0 Å². The molecule has 22 heavy (non-hydrogen) atoms. The zero-order chi connectivity index (χ0) is 15.9. The molecule has 0 amide bonds. The van der Waals surface area contributed by atoms with Crippen molar-refractivity contribution in [3.8, 4) is 17.2 Å². The first-order valence-corrected chi connectivity index (χ1v) is 7.50. The molecule has 5 heteroatoms. The number of benzene rings is 1. The lowest BCUT2D eigenvalue weighted by molar-refractivity contribution is 0.274. The molecule has 0 aliphatic carbocycles. The van der Waals surface area contributed by atoms with Crippen molar-refractivity contribution in [2.75, 3.05) is 20.8 Å². The Kier molecular flexibility index (Phi) is 5.69. The molecule has 5 nitrogen and oxygen atoms in total. The zero-order valence-corrected chi connectivity index (χ0v) is 13.7. The van der Waals surface area contributed by atoms with Crippen LogP contribution in [-0.4, -0.2) is 30.4 Å². The van der Waals surface area contributed by atoms with Crippen molar-refractivity contribution < 1.29 is 14.2 Å². The SMILES string of the molecule is COc1cc(C(C)C)cc(OCCCn2ccnc2)c1OC. The van der Waals surface area contributed by atoms with E-state index in [1.165, 1.54) is 5.56 Å². The summed E-state index contributed by atoms with van der Waals surface area (Å²) in [6, 6.07) is 4.03. The normalized spacial score (nSPS) is 10.8. The molecule has 0 atom stereocenters. The fraction of sp³-hybridized carbons (Fsp3) is 0.471. The topological polar surface area (TPSA) is 45.5 Å². The van der Waals surface area contributed by atoms with E-state index in [2.05, 4.69) is 18.8 Å². The van der Waals surface area contributed by atoms with E-state index in [0.717, 1.165) is 18.7 Å². The molecule has 0 aliphatic rings. The van der Waals surface area contributed by atoms with Gasteiger partial charge in [0, 0.05) is 18.9 Å². The first-order valence-electron chi connectivity index (χ1n) is 7.50. The molecule has 0 saturated carbocycles. The molecule has 0 spiro atoms. The van der Waals surface area contributed by atoms with E-state index in [9.17, 15) is 0 Å². The highest BCUT2D eigenvalue weighted by molar-refractivity contribution is 5.54. The fourth-order valence-corrected chi connectivity index (χ4v) is 2.24. The number of hydrogen-bond acceptors (Lipinski definition) is 4. The van der Waals surface area contributed by atoms with Crippen LogP contribution in [0.15, 0.2) is 30.9 Å². The molecule has 0 N–H and O–H groups in total. The minimum atomic E-state index is 0.396. The standard InChI is InChI=1S/C17H24N2O3/c1-13(2)14-10-15(20-3)17(21-4)16(11-14)22-9-5-7-19-8-6-18-12-19/h6,8,10-13H,5,7,9H2,1-4H3. The third kappa shape index (κ3) is 3.93. The molecule has 2 aromatic rings. The molecule has 1 aromatic carbocycles. The van der Waals surface area contributed by atoms with Gasteiger partial charge in [-0.2, -0.15) is 0 Å². The second-order valence-electron chi connectivity index (χ2n) is 5.41. The molecular weight excluding hydrogens is 280 g/mol. The van der Waals surface area contributed by atoms with Gasteiger partial charge in [0.15, 0.2) is 11.5 Å². The smallest absolute Gasteiger partial charge is 0.203 e. The first-order chi connectivity index (χ1) is 10.7. The lowest BCUT2D eigenvalue weighted by atomic mass is 10.0. The average Bonchev–Trinajstić information content (AvgIpc) is 3.03. The molecule has 1 aromatic heterocycles. The Bertz CT molecular complexity index is 580. The van der Waals surface area contributed by atoms with Gasteiger partial charge in [0.05, 0.1) is 27.2 Å². The monoisotopic (exact) mass is 304 g/mol. The Hall–Kier alpha value is -2.17. The number of nitrogens with zero attached hydrogens (tertiary/aromatic N) is 2. The van der Waals surface area contributed by atoms with Crippen LogP contribution in [0.4, 0.5) is 0 Å². The minimum absolute atomic E-state index is 0.396. The largest absolute Gasteiger partial charge is 0.493 e. The maximum Gasteiger partial charge on any atom is 0.203 e. The molecule has 0 radical (unpaired) electrons. The number of imidazole rings is 1. The Morgan fingerprint density at radius 2 is 1.91 bits per heavy atom. The Balaban J connectivity index is 2.05. The Morgan fingerprint density at radius 1 is 1.14 bits per heavy atom. The Morgan fingerprint density at radius 3 is 2.50 bits per heavy atom. The highest BCUT2D eigenvalue weighted by Crippen LogP contribution is 2.40. The second kappa shape index (κ2) is 7.73. The molecule has 0 bridgehead atoms. The van der Waals surface area contributed by atoms with Crippen LogP contribution in [0.1, 0.15) is 31.7 Å². The predicted octanol–water partition coefficient (Wildman–Crippen LogP) is 3.49. The highest BCUT2D eigenvalue weighted by Gasteiger charge is 2.15. The van der Waals surface area contributed by atoms with E-state index in [1.54, 1.807) is 20.4 Å². The van der Waals surface area contributed by atoms with Crippen molar-refractivity contribution in [1.82, 2.24) is 9.55 Å². The van der Waals surface area contributed by atoms with Crippen molar-refractivity contribution in [1.29, 1.82) is 0 Å². The van der Waals surface area contributed by atoms with Gasteiger partial charge in [0.2, 0.25) is 5.75 Å². The van der Waals surface area contributed by atoms with Gasteiger partial charge in [-0.15, -0.1) is 0 Å². The number of hydrogen-bond donors (Lipinski definition) is 0. The number of ether oxygens (including phenoxy) is 3. The van der Waals surface area contributed by atoms with Crippen LogP contribution in [0, 0.1) is 0 Å². The van der Waals surface area contributed by atoms with Crippen LogP contribution in [0.25, 0.3) is 0 Å². The number of rotatable bonds is 8. The van der Waals surface area contributed by atoms with Crippen molar-refractivity contribution in [2.45, 2.75) is 32.7 Å². The van der Waals surface area contributed by atoms with Crippen LogP contribution in [0.2, 0.25) is 0 Å². The lowest BCUT2D eigenvalue weighted by Gasteiger charge is -2.17. The van der Waals surface area contributed by atoms with Crippen molar-refractivity contribution in [3.63, 3.8) is 0 Å². The van der Waals surface area contributed by atoms with E-state index < -0.39 is 0 Å². The first kappa shape index (κ1) is 16.2. The summed E-state index contributed by atoms with van der Waals surface area (Å²) in [5.74, 6) is 2.48. The van der Waals surface area contributed by atoms with E-state index in [1.807, 2.05) is 29.2 Å². The maximum atomic E-state index is 5.92. The zero-order valence-electron chi connectivity index (χ0n) is 13.7. The summed E-state index contributed by atoms with van der Waals surface area (Å²) in [4.78, 5) is 4.03. The van der Waals surface area contributed by atoms with Gasteiger partial charge in [0.1, 0.15) is 0 Å². The van der Waals surface area contributed by atoms with Crippen LogP contribution < -0.4 is 14.2 Å². The lowest BCUT2D eigenvalue weighted by Crippen LogP contribution is -2.05. The minimum Gasteiger partial charge on any atom is -0.493 e. The summed E-state index contributed by atoms with van der Waals surface area (Å²) in [5, 5.41) is 0. The molecule has 0 aliphatic heterocycles. The van der Waals surface area contributed by atoms with Crippen LogP contribution in [-0.2, 0) is 6.54 Å². The summed E-state index contributed by atoms with van der Waals surface area (Å²) in [6.07, 6.45) is 6.43. The summed E-state index contributed by atoms with van der Waals surface area (Å²) < 4.78 is 18.8. The molecule has 0 saturated heterocycles. The van der Waals surface area contributed by atoms with Crippen molar-refractivity contribution in [2.24, 2.45) is 0 Å². The van der Waals surface area contributed by atoms with E-state index in [4.69, 9.17) is 14.2 Å². The predicted molar refractivity (Wildman–Crippen MR) is 86.0 cm³/mol. The number of aromatic nitrogens is 2. The van der Waals surface area contributed by atoms with Crippen molar-refractivity contribution >= 4 is 0 Å². The highest BCUT2D eigenvalue weighted by atomic mass is 16.5. The third-order valence-electron chi connectivity index (χ3n) is 3.51. The van der Waals surface area contributed by atoms with Gasteiger partial charge in [0.25, 0.3) is 0 Å². The van der Waals surface area contributed by atoms with Crippen LogP contribution >= 0.6 is 0 Å². The van der Waals surface area contributed by atoms with Gasteiger partial charge in [-0.3, -0.25) is 0 Å². The number of aryl methyl sites for hydroxylation is 1. The van der Waals surface area contributed by atoms with Crippen LogP contribution in [0.5, 0.6) is 17.2 Å². The molecule has 2 rings (SSSR count). The summed E-state index contributed by atoms with van der Waals surface area (Å²) in [7, 11) is 3.27. The van der Waals surface area contributed by atoms with E-state index in [-0.39, 0.29) is 0 Å². The molecule has 1 heterocycles. The van der Waals surface area contributed by atoms with Gasteiger partial charge >= 0.3 is 0 Å². The van der Waals surface area contributed by atoms with E-state index in [0.29, 0.717) is 24.0 Å². The van der Waals surface area contributed by atoms with Gasteiger partial charge in [-0.05, 0) is 30.0 Å². The summed E-state index contributed by atoms with van der Waals surface area (Å²) in [5.41, 5.74) is 1.17. The molecule has 0 fully saturated rings. The fourth-order valence-electron chi connectivity index (χ4n) is 2.24. The molecule has 120 valence electrons. The quantitative estimate of drug-likeness (QED) is 0.700. The third-order valence-corrected chi connectivity index (χ3v) is 3.51. The number of methoxy groups -OCH3 is 2. The maximum absolute atomic E-state index is 5.92.